The van der Waals surface area contributed by atoms with Crippen molar-refractivity contribution in [2.24, 2.45) is 10.9 Å². The first-order valence-corrected chi connectivity index (χ1v) is 10.6. The number of rotatable bonds is 6. The number of alkyl halides is 3. The van der Waals surface area contributed by atoms with Crippen molar-refractivity contribution in [3.8, 4) is 0 Å². The summed E-state index contributed by atoms with van der Waals surface area (Å²) in [5, 5.41) is 10.8. The Labute approximate surface area is 166 Å². The molecule has 3 N–H and O–H groups in total. The monoisotopic (exact) mass is 417 g/mol. The van der Waals surface area contributed by atoms with E-state index in [0.717, 1.165) is 55.2 Å². The van der Waals surface area contributed by atoms with Gasteiger partial charge in [0.25, 0.3) is 0 Å². The molecule has 0 spiro atoms. The van der Waals surface area contributed by atoms with Crippen LogP contribution >= 0.6 is 11.3 Å². The Morgan fingerprint density at radius 1 is 1.25 bits per heavy atom. The molecule has 0 radical (unpaired) electrons. The van der Waals surface area contributed by atoms with Crippen molar-refractivity contribution in [2.75, 3.05) is 6.54 Å². The first-order valence-electron chi connectivity index (χ1n) is 9.72. The van der Waals surface area contributed by atoms with Crippen molar-refractivity contribution < 1.29 is 18.0 Å². The number of aliphatic imine (C=N–C) groups is 1. The van der Waals surface area contributed by atoms with Gasteiger partial charge in [-0.15, -0.1) is 11.3 Å². The second kappa shape index (κ2) is 9.11. The molecule has 2 atom stereocenters. The minimum absolute atomic E-state index is 0.00281. The van der Waals surface area contributed by atoms with Crippen molar-refractivity contribution in [1.82, 2.24) is 20.9 Å². The van der Waals surface area contributed by atoms with Gasteiger partial charge >= 0.3 is 6.18 Å². The molecule has 1 amide bonds. The minimum Gasteiger partial charge on any atom is -0.357 e. The third-order valence-corrected chi connectivity index (χ3v) is 5.70. The summed E-state index contributed by atoms with van der Waals surface area (Å²) in [6.45, 7) is 2.64. The molecule has 1 aromatic heterocycles. The molecule has 0 saturated heterocycles. The van der Waals surface area contributed by atoms with Gasteiger partial charge in [-0.3, -0.25) is 4.79 Å². The standard InChI is InChI=1S/C18H26F3N5OS/c1-2-22-17(23-9-15-26-14(10-28-15)18(19,20)21)25-13-5-3-4-11(8-13)16(27)24-12-6-7-12/h10-13H,2-9H2,1H3,(H,24,27)(H2,22,23,25). The summed E-state index contributed by atoms with van der Waals surface area (Å²) in [4.78, 5) is 20.3. The molecule has 2 saturated carbocycles. The Hall–Kier alpha value is -1.84. The van der Waals surface area contributed by atoms with Crippen LogP contribution in [0.1, 0.15) is 56.2 Å². The fraction of sp³-hybridized carbons (Fsp3) is 0.722. The number of aromatic nitrogens is 1. The number of amides is 1. The number of halogens is 3. The molecular formula is C18H26F3N5OS. The van der Waals surface area contributed by atoms with Gasteiger partial charge in [-0.25, -0.2) is 9.98 Å². The van der Waals surface area contributed by atoms with Crippen LogP contribution in [0.3, 0.4) is 0 Å². The van der Waals surface area contributed by atoms with Gasteiger partial charge in [0.1, 0.15) is 5.01 Å². The van der Waals surface area contributed by atoms with E-state index in [1.807, 2.05) is 6.92 Å². The summed E-state index contributed by atoms with van der Waals surface area (Å²) in [5.41, 5.74) is -0.877. The zero-order chi connectivity index (χ0) is 20.1. The minimum atomic E-state index is -4.43. The highest BCUT2D eigenvalue weighted by Crippen LogP contribution is 2.30. The molecule has 3 rings (SSSR count). The molecule has 6 nitrogen and oxygen atoms in total. The Morgan fingerprint density at radius 3 is 2.68 bits per heavy atom. The Morgan fingerprint density at radius 2 is 2.04 bits per heavy atom. The normalized spacial score (nSPS) is 23.4. The number of nitrogens with zero attached hydrogens (tertiary/aromatic N) is 2. The molecule has 10 heteroatoms. The van der Waals surface area contributed by atoms with E-state index in [-0.39, 0.29) is 24.4 Å². The molecule has 156 valence electrons. The smallest absolute Gasteiger partial charge is 0.357 e. The lowest BCUT2D eigenvalue weighted by atomic mass is 9.85. The van der Waals surface area contributed by atoms with Gasteiger partial charge < -0.3 is 16.0 Å². The van der Waals surface area contributed by atoms with Crippen LogP contribution in [0.2, 0.25) is 0 Å². The highest BCUT2D eigenvalue weighted by Gasteiger charge is 2.34. The molecule has 2 fully saturated rings. The van der Waals surface area contributed by atoms with Gasteiger partial charge in [-0.2, -0.15) is 13.2 Å². The van der Waals surface area contributed by atoms with Gasteiger partial charge in [-0.1, -0.05) is 6.42 Å². The molecule has 2 unspecified atom stereocenters. The van der Waals surface area contributed by atoms with E-state index in [4.69, 9.17) is 0 Å². The van der Waals surface area contributed by atoms with Crippen LogP contribution in [-0.2, 0) is 17.5 Å². The van der Waals surface area contributed by atoms with Crippen LogP contribution in [0.4, 0.5) is 13.2 Å². The number of carbonyl (C=O) groups is 1. The fourth-order valence-electron chi connectivity index (χ4n) is 3.28. The summed E-state index contributed by atoms with van der Waals surface area (Å²) in [5.74, 6) is 0.681. The van der Waals surface area contributed by atoms with Gasteiger partial charge in [0, 0.05) is 29.9 Å². The van der Waals surface area contributed by atoms with E-state index in [9.17, 15) is 18.0 Å². The lowest BCUT2D eigenvalue weighted by molar-refractivity contribution is -0.140. The second-order valence-electron chi connectivity index (χ2n) is 7.31. The first kappa shape index (κ1) is 20.9. The van der Waals surface area contributed by atoms with E-state index in [0.29, 0.717) is 23.6 Å². The quantitative estimate of drug-likeness (QED) is 0.491. The van der Waals surface area contributed by atoms with Crippen molar-refractivity contribution in [2.45, 2.75) is 70.3 Å². The van der Waals surface area contributed by atoms with Gasteiger partial charge in [0.2, 0.25) is 5.91 Å². The largest absolute Gasteiger partial charge is 0.434 e. The zero-order valence-electron chi connectivity index (χ0n) is 15.8. The molecule has 28 heavy (non-hydrogen) atoms. The van der Waals surface area contributed by atoms with Gasteiger partial charge in [0.15, 0.2) is 11.7 Å². The Balaban J connectivity index is 1.56. The highest BCUT2D eigenvalue weighted by atomic mass is 32.1. The van der Waals surface area contributed by atoms with Gasteiger partial charge in [-0.05, 0) is 39.0 Å². The van der Waals surface area contributed by atoms with E-state index >= 15 is 0 Å². The Bertz CT molecular complexity index is 702. The lowest BCUT2D eigenvalue weighted by Gasteiger charge is -2.30. The molecule has 1 aromatic rings. The van der Waals surface area contributed by atoms with Crippen molar-refractivity contribution in [3.05, 3.63) is 16.1 Å². The molecule has 2 aliphatic carbocycles. The second-order valence-corrected chi connectivity index (χ2v) is 8.25. The molecule has 1 heterocycles. The van der Waals surface area contributed by atoms with Gasteiger partial charge in [0.05, 0.1) is 6.54 Å². The van der Waals surface area contributed by atoms with Crippen molar-refractivity contribution >= 4 is 23.2 Å². The van der Waals surface area contributed by atoms with Crippen LogP contribution in [-0.4, -0.2) is 35.5 Å². The molecule has 0 bridgehead atoms. The summed E-state index contributed by atoms with van der Waals surface area (Å²) >= 11 is 0.952. The molecule has 0 aliphatic heterocycles. The number of nitrogens with one attached hydrogen (secondary N) is 3. The predicted molar refractivity (Wildman–Crippen MR) is 102 cm³/mol. The van der Waals surface area contributed by atoms with Crippen molar-refractivity contribution in [3.63, 3.8) is 0 Å². The number of hydrogen-bond acceptors (Lipinski definition) is 4. The zero-order valence-corrected chi connectivity index (χ0v) is 16.6. The SMILES string of the molecule is CCNC(=NCc1nc(C(F)(F)F)cs1)NC1CCCC(C(=O)NC2CC2)C1. The number of hydrogen-bond donors (Lipinski definition) is 3. The van der Waals surface area contributed by atoms with Crippen LogP contribution in [0.15, 0.2) is 10.4 Å². The van der Waals surface area contributed by atoms with Crippen LogP contribution in [0.5, 0.6) is 0 Å². The van der Waals surface area contributed by atoms with E-state index in [1.54, 1.807) is 0 Å². The predicted octanol–water partition coefficient (Wildman–Crippen LogP) is 3.05. The number of carbonyl (C=O) groups excluding carboxylic acids is 1. The Kier molecular flexibility index (Phi) is 6.79. The maximum absolute atomic E-state index is 12.7. The fourth-order valence-corrected chi connectivity index (χ4v) is 4.00. The topological polar surface area (TPSA) is 78.4 Å². The first-order chi connectivity index (χ1) is 13.3. The third kappa shape index (κ3) is 6.08. The summed E-state index contributed by atoms with van der Waals surface area (Å²) in [7, 11) is 0. The molecular weight excluding hydrogens is 391 g/mol. The molecule has 2 aliphatic rings. The van der Waals surface area contributed by atoms with E-state index in [2.05, 4.69) is 25.9 Å². The number of thiazole rings is 1. The van der Waals surface area contributed by atoms with Crippen LogP contribution < -0.4 is 16.0 Å². The highest BCUT2D eigenvalue weighted by molar-refractivity contribution is 7.09. The van der Waals surface area contributed by atoms with E-state index in [1.165, 1.54) is 0 Å². The molecule has 0 aromatic carbocycles. The average molecular weight is 418 g/mol. The average Bonchev–Trinajstić information content (AvgIpc) is 3.31. The van der Waals surface area contributed by atoms with Crippen molar-refractivity contribution in [1.29, 1.82) is 0 Å². The van der Waals surface area contributed by atoms with Crippen LogP contribution in [0, 0.1) is 5.92 Å². The van der Waals surface area contributed by atoms with Crippen LogP contribution in [0.25, 0.3) is 0 Å². The summed E-state index contributed by atoms with van der Waals surface area (Å²) in [6.07, 6.45) is 1.24. The lowest BCUT2D eigenvalue weighted by Crippen LogP contribution is -2.47. The van der Waals surface area contributed by atoms with E-state index < -0.39 is 11.9 Å². The third-order valence-electron chi connectivity index (χ3n) is 4.87. The maximum atomic E-state index is 12.7. The maximum Gasteiger partial charge on any atom is 0.434 e. The number of guanidine groups is 1. The summed E-state index contributed by atoms with van der Waals surface area (Å²) < 4.78 is 38.0. The summed E-state index contributed by atoms with van der Waals surface area (Å²) in [6, 6.07) is 0.475.